The van der Waals surface area contributed by atoms with Crippen molar-refractivity contribution in [2.75, 3.05) is 0 Å². The molecule has 0 bridgehead atoms. The highest BCUT2D eigenvalue weighted by atomic mass is 16.3. The lowest BCUT2D eigenvalue weighted by Crippen LogP contribution is -2.28. The molecule has 100 valence electrons. The van der Waals surface area contributed by atoms with Crippen LogP contribution in [0.25, 0.3) is 5.70 Å². The van der Waals surface area contributed by atoms with Crippen LogP contribution in [0.15, 0.2) is 58.1 Å². The molecule has 0 spiro atoms. The molecule has 3 rings (SSSR count). The molecule has 4 heteroatoms. The van der Waals surface area contributed by atoms with Gasteiger partial charge >= 0.3 is 0 Å². The number of aliphatic imine (C=N–C) groups is 1. The predicted octanol–water partition coefficient (Wildman–Crippen LogP) is 3.16. The van der Waals surface area contributed by atoms with Crippen LogP contribution in [0.3, 0.4) is 0 Å². The van der Waals surface area contributed by atoms with Crippen LogP contribution in [-0.2, 0) is 0 Å². The first-order valence-electron chi connectivity index (χ1n) is 6.42. The summed E-state index contributed by atoms with van der Waals surface area (Å²) in [5.41, 5.74) is 3.15. The van der Waals surface area contributed by atoms with E-state index >= 15 is 0 Å². The maximum Gasteiger partial charge on any atom is 0.292 e. The van der Waals surface area contributed by atoms with E-state index in [2.05, 4.69) is 10.3 Å². The van der Waals surface area contributed by atoms with Gasteiger partial charge in [0.25, 0.3) is 5.91 Å². The molecule has 1 N–H and O–H groups in total. The Morgan fingerprint density at radius 3 is 2.75 bits per heavy atom. The zero-order valence-electron chi connectivity index (χ0n) is 11.1. The zero-order valence-corrected chi connectivity index (χ0v) is 11.1. The predicted molar refractivity (Wildman–Crippen MR) is 77.4 cm³/mol. The quantitative estimate of drug-likeness (QED) is 0.907. The van der Waals surface area contributed by atoms with Crippen LogP contribution in [-0.4, -0.2) is 11.7 Å². The van der Waals surface area contributed by atoms with Gasteiger partial charge in [0.15, 0.2) is 5.76 Å². The number of nitrogens with one attached hydrogen (secondary N) is 1. The van der Waals surface area contributed by atoms with E-state index < -0.39 is 0 Å². The minimum absolute atomic E-state index is 0.271. The van der Waals surface area contributed by atoms with Crippen LogP contribution in [0.1, 0.15) is 28.1 Å². The number of amides is 1. The van der Waals surface area contributed by atoms with E-state index in [4.69, 9.17) is 4.42 Å². The van der Waals surface area contributed by atoms with E-state index in [0.717, 1.165) is 11.3 Å². The average Bonchev–Trinajstić information content (AvgIpc) is 3.10. The van der Waals surface area contributed by atoms with Crippen molar-refractivity contribution in [3.8, 4) is 0 Å². The average molecular weight is 266 g/mol. The standard InChI is InChI=1S/C16H14N2O2/c1-11-4-6-12(7-5-11)13-8-9-15(17-13)18-16(19)14-3-2-10-20-14/h2-8,10H,9H2,1H3,(H,17,18,19). The third-order valence-electron chi connectivity index (χ3n) is 3.09. The Morgan fingerprint density at radius 2 is 2.05 bits per heavy atom. The van der Waals surface area contributed by atoms with Crippen LogP contribution >= 0.6 is 0 Å². The summed E-state index contributed by atoms with van der Waals surface area (Å²) in [6.07, 6.45) is 4.10. The Balaban J connectivity index is 1.71. The molecule has 20 heavy (non-hydrogen) atoms. The number of amidine groups is 1. The lowest BCUT2D eigenvalue weighted by atomic mass is 10.1. The molecule has 0 aliphatic carbocycles. The maximum absolute atomic E-state index is 11.8. The van der Waals surface area contributed by atoms with E-state index in [9.17, 15) is 4.79 Å². The van der Waals surface area contributed by atoms with Gasteiger partial charge in [0, 0.05) is 6.42 Å². The van der Waals surface area contributed by atoms with Crippen molar-refractivity contribution >= 4 is 17.4 Å². The first-order valence-corrected chi connectivity index (χ1v) is 6.42. The second-order valence-corrected chi connectivity index (χ2v) is 4.65. The summed E-state index contributed by atoms with van der Waals surface area (Å²) in [7, 11) is 0. The van der Waals surface area contributed by atoms with Gasteiger partial charge < -0.3 is 9.73 Å². The number of carbonyl (C=O) groups excluding carboxylic acids is 1. The second-order valence-electron chi connectivity index (χ2n) is 4.65. The van der Waals surface area contributed by atoms with Gasteiger partial charge in [-0.15, -0.1) is 0 Å². The lowest BCUT2D eigenvalue weighted by molar-refractivity contribution is 0.0949. The van der Waals surface area contributed by atoms with E-state index in [-0.39, 0.29) is 11.7 Å². The summed E-state index contributed by atoms with van der Waals surface area (Å²) in [5, 5.41) is 2.76. The molecular formula is C16H14N2O2. The van der Waals surface area contributed by atoms with E-state index in [1.54, 1.807) is 12.1 Å². The molecule has 1 aliphatic rings. The number of benzene rings is 1. The van der Waals surface area contributed by atoms with Gasteiger partial charge in [-0.25, -0.2) is 4.99 Å². The molecule has 1 aliphatic heterocycles. The molecule has 0 saturated carbocycles. The number of aryl methyl sites for hydroxylation is 1. The van der Waals surface area contributed by atoms with Crippen LogP contribution in [0.2, 0.25) is 0 Å². The molecular weight excluding hydrogens is 252 g/mol. The Labute approximate surface area is 116 Å². The molecule has 1 aromatic heterocycles. The molecule has 2 heterocycles. The summed E-state index contributed by atoms with van der Waals surface area (Å²) in [6, 6.07) is 11.5. The normalized spacial score (nSPS) is 13.8. The van der Waals surface area contributed by atoms with Crippen molar-refractivity contribution in [2.45, 2.75) is 13.3 Å². The van der Waals surface area contributed by atoms with Crippen molar-refractivity contribution in [3.05, 3.63) is 65.6 Å². The monoisotopic (exact) mass is 266 g/mol. The fourth-order valence-electron chi connectivity index (χ4n) is 2.02. The minimum atomic E-state index is -0.271. The molecule has 4 nitrogen and oxygen atoms in total. The highest BCUT2D eigenvalue weighted by Crippen LogP contribution is 2.22. The lowest BCUT2D eigenvalue weighted by Gasteiger charge is -2.02. The van der Waals surface area contributed by atoms with Crippen molar-refractivity contribution in [3.63, 3.8) is 0 Å². The van der Waals surface area contributed by atoms with Crippen LogP contribution in [0.4, 0.5) is 0 Å². The number of carbonyl (C=O) groups is 1. The fourth-order valence-corrected chi connectivity index (χ4v) is 2.02. The Kier molecular flexibility index (Phi) is 3.21. The first-order chi connectivity index (χ1) is 9.72. The highest BCUT2D eigenvalue weighted by molar-refractivity contribution is 6.08. The topological polar surface area (TPSA) is 54.6 Å². The Hall–Kier alpha value is -2.62. The second kappa shape index (κ2) is 5.17. The number of furan rings is 1. The van der Waals surface area contributed by atoms with Gasteiger partial charge in [-0.3, -0.25) is 4.79 Å². The summed E-state index contributed by atoms with van der Waals surface area (Å²) in [4.78, 5) is 16.3. The molecule has 0 fully saturated rings. The van der Waals surface area contributed by atoms with Crippen LogP contribution < -0.4 is 5.32 Å². The maximum atomic E-state index is 11.8. The van der Waals surface area contributed by atoms with Gasteiger partial charge in [-0.2, -0.15) is 0 Å². The summed E-state index contributed by atoms with van der Waals surface area (Å²) in [6.45, 7) is 2.05. The number of hydrogen-bond donors (Lipinski definition) is 1. The summed E-state index contributed by atoms with van der Waals surface area (Å²) < 4.78 is 5.05. The van der Waals surface area contributed by atoms with E-state index in [1.165, 1.54) is 11.8 Å². The third-order valence-corrected chi connectivity index (χ3v) is 3.09. The minimum Gasteiger partial charge on any atom is -0.459 e. The molecule has 0 saturated heterocycles. The Morgan fingerprint density at radius 1 is 1.25 bits per heavy atom. The zero-order chi connectivity index (χ0) is 13.9. The number of hydrogen-bond acceptors (Lipinski definition) is 3. The molecule has 0 atom stereocenters. The molecule has 1 amide bonds. The highest BCUT2D eigenvalue weighted by Gasteiger charge is 2.15. The number of rotatable bonds is 2. The van der Waals surface area contributed by atoms with Crippen LogP contribution in [0, 0.1) is 6.92 Å². The molecule has 2 aromatic rings. The largest absolute Gasteiger partial charge is 0.459 e. The molecule has 0 radical (unpaired) electrons. The van der Waals surface area contributed by atoms with Crippen molar-refractivity contribution in [2.24, 2.45) is 4.99 Å². The van der Waals surface area contributed by atoms with Crippen molar-refractivity contribution in [1.82, 2.24) is 5.32 Å². The fraction of sp³-hybridized carbons (Fsp3) is 0.125. The van der Waals surface area contributed by atoms with Gasteiger partial charge in [-0.1, -0.05) is 35.9 Å². The SMILES string of the molecule is Cc1ccc(C2=CCC(NC(=O)c3ccco3)=N2)cc1. The van der Waals surface area contributed by atoms with Crippen molar-refractivity contribution in [1.29, 1.82) is 0 Å². The molecule has 1 aromatic carbocycles. The third kappa shape index (κ3) is 2.54. The first kappa shape index (κ1) is 12.4. The summed E-state index contributed by atoms with van der Waals surface area (Å²) >= 11 is 0. The van der Waals surface area contributed by atoms with Gasteiger partial charge in [-0.05, 0) is 24.6 Å². The Bertz CT molecular complexity index is 680. The number of nitrogens with zero attached hydrogens (tertiary/aromatic N) is 1. The van der Waals surface area contributed by atoms with E-state index in [0.29, 0.717) is 12.3 Å². The van der Waals surface area contributed by atoms with Gasteiger partial charge in [0.1, 0.15) is 5.84 Å². The van der Waals surface area contributed by atoms with Crippen LogP contribution in [0.5, 0.6) is 0 Å². The summed E-state index contributed by atoms with van der Waals surface area (Å²) in [5.74, 6) is 0.658. The van der Waals surface area contributed by atoms with Crippen molar-refractivity contribution < 1.29 is 9.21 Å². The van der Waals surface area contributed by atoms with Gasteiger partial charge in [0.05, 0.1) is 12.0 Å². The van der Waals surface area contributed by atoms with E-state index in [1.807, 2.05) is 37.3 Å². The molecule has 0 unspecified atom stereocenters. The smallest absolute Gasteiger partial charge is 0.292 e. The van der Waals surface area contributed by atoms with Gasteiger partial charge in [0.2, 0.25) is 0 Å².